The van der Waals surface area contributed by atoms with Gasteiger partial charge in [0.25, 0.3) is 0 Å². The molecule has 0 aliphatic carbocycles. The van der Waals surface area contributed by atoms with Crippen LogP contribution in [0.1, 0.15) is 9.67 Å². The summed E-state index contributed by atoms with van der Waals surface area (Å²) in [4.78, 5) is 23.6. The van der Waals surface area contributed by atoms with Crippen molar-refractivity contribution < 1.29 is 9.53 Å². The molecule has 0 fully saturated rings. The van der Waals surface area contributed by atoms with Crippen LogP contribution in [0.2, 0.25) is 0 Å². The quantitative estimate of drug-likeness (QED) is 0.717. The molecule has 0 aliphatic heterocycles. The van der Waals surface area contributed by atoms with Crippen LogP contribution in [0.4, 0.5) is 0 Å². The first-order valence-corrected chi connectivity index (χ1v) is 4.93. The molecule has 0 radical (unpaired) electrons. The van der Waals surface area contributed by atoms with E-state index in [0.29, 0.717) is 15.6 Å². The predicted molar refractivity (Wildman–Crippen MR) is 54.5 cm³/mol. The molecule has 0 atom stereocenters. The number of methoxy groups -OCH3 is 1. The lowest BCUT2D eigenvalue weighted by molar-refractivity contribution is 0.0606. The van der Waals surface area contributed by atoms with Crippen molar-refractivity contribution in [3.8, 4) is 10.7 Å². The molecule has 2 aromatic heterocycles. The third kappa shape index (κ3) is 1.99. The zero-order valence-electron chi connectivity index (χ0n) is 7.88. The molecular formula is C9H7N3O2S. The summed E-state index contributed by atoms with van der Waals surface area (Å²) in [6.45, 7) is 0. The Labute approximate surface area is 89.8 Å². The van der Waals surface area contributed by atoms with Crippen molar-refractivity contribution in [1.82, 2.24) is 15.0 Å². The van der Waals surface area contributed by atoms with Crippen molar-refractivity contribution in [3.05, 3.63) is 29.7 Å². The molecule has 0 amide bonds. The molecule has 0 saturated carbocycles. The van der Waals surface area contributed by atoms with E-state index in [0.717, 1.165) is 0 Å². The third-order valence-electron chi connectivity index (χ3n) is 1.69. The van der Waals surface area contributed by atoms with E-state index < -0.39 is 0 Å². The maximum Gasteiger partial charge on any atom is 0.349 e. The number of nitrogens with zero attached hydrogens (tertiary/aromatic N) is 3. The van der Waals surface area contributed by atoms with E-state index in [4.69, 9.17) is 0 Å². The van der Waals surface area contributed by atoms with Crippen molar-refractivity contribution in [2.75, 3.05) is 7.11 Å². The molecule has 0 aliphatic rings. The van der Waals surface area contributed by atoms with Crippen LogP contribution >= 0.6 is 11.3 Å². The first kappa shape index (κ1) is 9.72. The fraction of sp³-hybridized carbons (Fsp3) is 0.111. The van der Waals surface area contributed by atoms with E-state index in [1.165, 1.54) is 31.0 Å². The van der Waals surface area contributed by atoms with Gasteiger partial charge in [0.2, 0.25) is 0 Å². The lowest BCUT2D eigenvalue weighted by Crippen LogP contribution is -1.96. The number of rotatable bonds is 2. The molecule has 5 nitrogen and oxygen atoms in total. The van der Waals surface area contributed by atoms with Gasteiger partial charge in [-0.3, -0.25) is 0 Å². The first-order valence-electron chi connectivity index (χ1n) is 4.12. The van der Waals surface area contributed by atoms with Crippen LogP contribution in [-0.2, 0) is 4.74 Å². The third-order valence-corrected chi connectivity index (χ3v) is 2.69. The van der Waals surface area contributed by atoms with Gasteiger partial charge in [0.1, 0.15) is 21.9 Å². The molecule has 0 N–H and O–H groups in total. The van der Waals surface area contributed by atoms with Gasteiger partial charge in [0, 0.05) is 6.20 Å². The Morgan fingerprint density at radius 1 is 1.47 bits per heavy atom. The minimum Gasteiger partial charge on any atom is -0.465 e. The number of hydrogen-bond acceptors (Lipinski definition) is 6. The largest absolute Gasteiger partial charge is 0.465 e. The van der Waals surface area contributed by atoms with E-state index in [1.807, 2.05) is 0 Å². The van der Waals surface area contributed by atoms with E-state index in [-0.39, 0.29) is 5.97 Å². The molecule has 6 heteroatoms. The van der Waals surface area contributed by atoms with E-state index in [9.17, 15) is 4.79 Å². The molecule has 2 heterocycles. The standard InChI is InChI=1S/C9H7N3O2S/c1-14-9(13)7-4-11-8(15-7)6-2-3-10-5-12-6/h2-5H,1H3. The Morgan fingerprint density at radius 2 is 2.33 bits per heavy atom. The van der Waals surface area contributed by atoms with Crippen molar-refractivity contribution in [1.29, 1.82) is 0 Å². The number of esters is 1. The molecule has 76 valence electrons. The Bertz CT molecular complexity index is 469. The summed E-state index contributed by atoms with van der Waals surface area (Å²) >= 11 is 1.24. The van der Waals surface area contributed by atoms with Crippen molar-refractivity contribution in [3.63, 3.8) is 0 Å². The zero-order chi connectivity index (χ0) is 10.7. The van der Waals surface area contributed by atoms with Gasteiger partial charge in [-0.1, -0.05) is 0 Å². The molecule has 0 saturated heterocycles. The predicted octanol–water partition coefficient (Wildman–Crippen LogP) is 1.39. The van der Waals surface area contributed by atoms with Crippen LogP contribution in [0, 0.1) is 0 Å². The maximum atomic E-state index is 11.2. The molecule has 2 aromatic rings. The maximum absolute atomic E-state index is 11.2. The number of carbonyl (C=O) groups excluding carboxylic acids is 1. The second kappa shape index (κ2) is 4.14. The van der Waals surface area contributed by atoms with Crippen LogP contribution in [-0.4, -0.2) is 28.0 Å². The van der Waals surface area contributed by atoms with Gasteiger partial charge in [0.15, 0.2) is 0 Å². The van der Waals surface area contributed by atoms with Crippen molar-refractivity contribution >= 4 is 17.3 Å². The van der Waals surface area contributed by atoms with Crippen molar-refractivity contribution in [2.24, 2.45) is 0 Å². The van der Waals surface area contributed by atoms with Gasteiger partial charge >= 0.3 is 5.97 Å². The molecule has 15 heavy (non-hydrogen) atoms. The van der Waals surface area contributed by atoms with E-state index >= 15 is 0 Å². The second-order valence-corrected chi connectivity index (χ2v) is 3.65. The fourth-order valence-corrected chi connectivity index (χ4v) is 1.82. The highest BCUT2D eigenvalue weighted by Gasteiger charge is 2.11. The molecule has 0 aromatic carbocycles. The van der Waals surface area contributed by atoms with Crippen LogP contribution < -0.4 is 0 Å². The minimum atomic E-state index is -0.382. The van der Waals surface area contributed by atoms with Crippen LogP contribution in [0.3, 0.4) is 0 Å². The SMILES string of the molecule is COC(=O)c1cnc(-c2ccncn2)s1. The average Bonchev–Trinajstić information content (AvgIpc) is 2.78. The van der Waals surface area contributed by atoms with Gasteiger partial charge in [0.05, 0.1) is 13.3 Å². The van der Waals surface area contributed by atoms with Gasteiger partial charge in [-0.05, 0) is 6.07 Å². The highest BCUT2D eigenvalue weighted by atomic mass is 32.1. The first-order chi connectivity index (χ1) is 7.31. The molecule has 0 spiro atoms. The molecule has 2 rings (SSSR count). The van der Waals surface area contributed by atoms with Gasteiger partial charge in [-0.25, -0.2) is 19.7 Å². The summed E-state index contributed by atoms with van der Waals surface area (Å²) < 4.78 is 4.58. The van der Waals surface area contributed by atoms with Crippen molar-refractivity contribution in [2.45, 2.75) is 0 Å². The summed E-state index contributed by atoms with van der Waals surface area (Å²) in [6, 6.07) is 1.74. The summed E-state index contributed by atoms with van der Waals surface area (Å²) in [7, 11) is 1.34. The van der Waals surface area contributed by atoms with Crippen LogP contribution in [0.15, 0.2) is 24.8 Å². The van der Waals surface area contributed by atoms with Gasteiger partial charge < -0.3 is 4.74 Å². The Balaban J connectivity index is 2.32. The average molecular weight is 221 g/mol. The summed E-state index contributed by atoms with van der Waals surface area (Å²) in [6.07, 6.45) is 4.55. The molecule has 0 unspecified atom stereocenters. The number of ether oxygens (including phenoxy) is 1. The lowest BCUT2D eigenvalue weighted by Gasteiger charge is -1.92. The Morgan fingerprint density at radius 3 is 3.00 bits per heavy atom. The number of hydrogen-bond donors (Lipinski definition) is 0. The summed E-state index contributed by atoms with van der Waals surface area (Å²) in [5.74, 6) is -0.382. The molecular weight excluding hydrogens is 214 g/mol. The van der Waals surface area contributed by atoms with Gasteiger partial charge in [-0.2, -0.15) is 0 Å². The highest BCUT2D eigenvalue weighted by molar-refractivity contribution is 7.16. The van der Waals surface area contributed by atoms with Crippen LogP contribution in [0.25, 0.3) is 10.7 Å². The smallest absolute Gasteiger partial charge is 0.349 e. The molecule has 0 bridgehead atoms. The summed E-state index contributed by atoms with van der Waals surface area (Å²) in [5.41, 5.74) is 0.699. The van der Waals surface area contributed by atoms with E-state index in [2.05, 4.69) is 19.7 Å². The summed E-state index contributed by atoms with van der Waals surface area (Å²) in [5, 5.41) is 0.679. The Hall–Kier alpha value is -1.82. The van der Waals surface area contributed by atoms with E-state index in [1.54, 1.807) is 12.3 Å². The monoisotopic (exact) mass is 221 g/mol. The van der Waals surface area contributed by atoms with Gasteiger partial charge in [-0.15, -0.1) is 11.3 Å². The van der Waals surface area contributed by atoms with Crippen LogP contribution in [0.5, 0.6) is 0 Å². The number of carbonyl (C=O) groups is 1. The second-order valence-electron chi connectivity index (χ2n) is 2.62. The minimum absolute atomic E-state index is 0.382. The number of aromatic nitrogens is 3. The fourth-order valence-electron chi connectivity index (χ4n) is 1.00. The lowest BCUT2D eigenvalue weighted by atomic mass is 10.4. The topological polar surface area (TPSA) is 65.0 Å². The zero-order valence-corrected chi connectivity index (χ0v) is 8.69. The Kier molecular flexibility index (Phi) is 2.68. The highest BCUT2D eigenvalue weighted by Crippen LogP contribution is 2.22. The normalized spacial score (nSPS) is 9.93. The number of thiazole rings is 1.